The summed E-state index contributed by atoms with van der Waals surface area (Å²) in [5.74, 6) is 0.0573. The van der Waals surface area contributed by atoms with Gasteiger partial charge in [0.25, 0.3) is 0 Å². The maximum Gasteiger partial charge on any atom is 0.238 e. The highest BCUT2D eigenvalue weighted by molar-refractivity contribution is 8.00. The van der Waals surface area contributed by atoms with E-state index in [0.29, 0.717) is 11.1 Å². The lowest BCUT2D eigenvalue weighted by Crippen LogP contribution is -2.30. The number of rotatable bonds is 7. The molecule has 1 N–H and O–H groups in total. The summed E-state index contributed by atoms with van der Waals surface area (Å²) in [5.41, 5.74) is 2.92. The van der Waals surface area contributed by atoms with Crippen LogP contribution in [0.25, 0.3) is 11.0 Å². The zero-order valence-electron chi connectivity index (χ0n) is 15.2. The smallest absolute Gasteiger partial charge is 0.238 e. The van der Waals surface area contributed by atoms with E-state index in [1.807, 2.05) is 48.5 Å². The molecule has 1 saturated carbocycles. The second-order valence-electron chi connectivity index (χ2n) is 6.87. The van der Waals surface area contributed by atoms with Gasteiger partial charge in [0.15, 0.2) is 5.16 Å². The third kappa shape index (κ3) is 4.14. The minimum atomic E-state index is -0.324. The van der Waals surface area contributed by atoms with E-state index in [2.05, 4.69) is 16.8 Å². The average molecular weight is 400 g/mol. The Labute approximate surface area is 168 Å². The van der Waals surface area contributed by atoms with Crippen LogP contribution in [0.15, 0.2) is 53.7 Å². The van der Waals surface area contributed by atoms with Crippen LogP contribution in [0.4, 0.5) is 0 Å². The molecule has 27 heavy (non-hydrogen) atoms. The first-order valence-electron chi connectivity index (χ1n) is 9.33. The zero-order valence-corrected chi connectivity index (χ0v) is 16.8. The number of halogens is 1. The van der Waals surface area contributed by atoms with Crippen LogP contribution in [-0.4, -0.2) is 21.5 Å². The Morgan fingerprint density at radius 1 is 1.30 bits per heavy atom. The van der Waals surface area contributed by atoms with Crippen molar-refractivity contribution in [1.29, 1.82) is 0 Å². The second-order valence-corrected chi connectivity index (χ2v) is 8.38. The Balaban J connectivity index is 1.71. The van der Waals surface area contributed by atoms with Crippen molar-refractivity contribution >= 4 is 40.3 Å². The van der Waals surface area contributed by atoms with Crippen LogP contribution in [-0.2, 0) is 11.3 Å². The molecule has 2 aromatic carbocycles. The quantitative estimate of drug-likeness (QED) is 0.554. The van der Waals surface area contributed by atoms with Crippen LogP contribution < -0.4 is 5.32 Å². The van der Waals surface area contributed by atoms with Crippen molar-refractivity contribution in [2.75, 3.05) is 0 Å². The number of nitrogens with one attached hydrogen (secondary N) is 1. The molecule has 0 radical (unpaired) electrons. The summed E-state index contributed by atoms with van der Waals surface area (Å²) in [6.45, 7) is 3.00. The van der Waals surface area contributed by atoms with E-state index in [0.717, 1.165) is 47.6 Å². The van der Waals surface area contributed by atoms with Gasteiger partial charge >= 0.3 is 0 Å². The summed E-state index contributed by atoms with van der Waals surface area (Å²) < 4.78 is 2.19. The first-order valence-corrected chi connectivity index (χ1v) is 10.6. The zero-order chi connectivity index (χ0) is 18.8. The van der Waals surface area contributed by atoms with Gasteiger partial charge in [0.05, 0.1) is 11.0 Å². The van der Waals surface area contributed by atoms with E-state index >= 15 is 0 Å². The molecule has 0 bridgehead atoms. The molecule has 1 aromatic heterocycles. The number of carbonyl (C=O) groups excluding carboxylic acids is 1. The molecular formula is C21H22ClN3OS. The topological polar surface area (TPSA) is 46.9 Å². The lowest BCUT2D eigenvalue weighted by atomic mass is 10.1. The molecule has 0 saturated heterocycles. The maximum atomic E-state index is 12.9. The molecule has 140 valence electrons. The van der Waals surface area contributed by atoms with Gasteiger partial charge in [-0.25, -0.2) is 4.98 Å². The fraction of sp³-hybridized carbons (Fsp3) is 0.333. The van der Waals surface area contributed by atoms with Gasteiger partial charge in [0, 0.05) is 17.6 Å². The normalized spacial score (nSPS) is 15.0. The van der Waals surface area contributed by atoms with Gasteiger partial charge in [-0.2, -0.15) is 0 Å². The van der Waals surface area contributed by atoms with Crippen LogP contribution in [0.1, 0.15) is 37.0 Å². The molecule has 3 aromatic rings. The van der Waals surface area contributed by atoms with Gasteiger partial charge < -0.3 is 9.88 Å². The van der Waals surface area contributed by atoms with Crippen LogP contribution in [0.5, 0.6) is 0 Å². The Bertz CT molecular complexity index is 953. The number of fused-ring (bicyclic) bond motifs is 1. The van der Waals surface area contributed by atoms with Gasteiger partial charge in [-0.15, -0.1) is 0 Å². The molecule has 1 unspecified atom stereocenters. The fourth-order valence-corrected chi connectivity index (χ4v) is 4.43. The predicted molar refractivity (Wildman–Crippen MR) is 111 cm³/mol. The van der Waals surface area contributed by atoms with Crippen molar-refractivity contribution in [3.63, 3.8) is 0 Å². The van der Waals surface area contributed by atoms with Crippen molar-refractivity contribution in [1.82, 2.24) is 14.9 Å². The summed E-state index contributed by atoms with van der Waals surface area (Å²) in [4.78, 5) is 17.7. The van der Waals surface area contributed by atoms with E-state index in [9.17, 15) is 4.79 Å². The third-order valence-corrected chi connectivity index (χ3v) is 6.09. The Hall–Kier alpha value is -1.98. The number of amides is 1. The monoisotopic (exact) mass is 399 g/mol. The van der Waals surface area contributed by atoms with Gasteiger partial charge in [0.2, 0.25) is 5.91 Å². The minimum Gasteiger partial charge on any atom is -0.352 e. The van der Waals surface area contributed by atoms with Crippen molar-refractivity contribution < 1.29 is 4.79 Å². The second kappa shape index (κ2) is 7.95. The first-order chi connectivity index (χ1) is 13.2. The molecular weight excluding hydrogens is 378 g/mol. The SMILES string of the molecule is CCCn1c(SC(C(=O)NC2CC2)c2ccccc2)nc2cc(Cl)ccc21. The number of hydrogen-bond acceptors (Lipinski definition) is 3. The summed E-state index contributed by atoms with van der Waals surface area (Å²) >= 11 is 7.67. The molecule has 1 heterocycles. The molecule has 1 atom stereocenters. The number of carbonyl (C=O) groups is 1. The largest absolute Gasteiger partial charge is 0.352 e. The van der Waals surface area contributed by atoms with E-state index in [1.54, 1.807) is 0 Å². The molecule has 0 aliphatic heterocycles. The third-order valence-electron chi connectivity index (χ3n) is 4.61. The van der Waals surface area contributed by atoms with Crippen LogP contribution in [0.3, 0.4) is 0 Å². The van der Waals surface area contributed by atoms with Crippen molar-refractivity contribution in [2.45, 2.75) is 49.2 Å². The lowest BCUT2D eigenvalue weighted by molar-refractivity contribution is -0.120. The first kappa shape index (κ1) is 18.4. The molecule has 1 fully saturated rings. The van der Waals surface area contributed by atoms with Crippen molar-refractivity contribution in [3.05, 3.63) is 59.1 Å². The van der Waals surface area contributed by atoms with Gasteiger partial charge in [-0.1, -0.05) is 60.6 Å². The highest BCUT2D eigenvalue weighted by Crippen LogP contribution is 2.38. The summed E-state index contributed by atoms with van der Waals surface area (Å²) in [6.07, 6.45) is 3.14. The maximum absolute atomic E-state index is 12.9. The van der Waals surface area contributed by atoms with Crippen LogP contribution >= 0.6 is 23.4 Å². The number of aromatic nitrogens is 2. The Kier molecular flexibility index (Phi) is 5.41. The molecule has 1 aliphatic carbocycles. The van der Waals surface area contributed by atoms with Crippen molar-refractivity contribution in [3.8, 4) is 0 Å². The summed E-state index contributed by atoms with van der Waals surface area (Å²) in [7, 11) is 0. The van der Waals surface area contributed by atoms with Gasteiger partial charge in [0.1, 0.15) is 5.25 Å². The molecule has 6 heteroatoms. The summed E-state index contributed by atoms with van der Waals surface area (Å²) in [6, 6.07) is 16.0. The number of imidazole rings is 1. The van der Waals surface area contributed by atoms with Gasteiger partial charge in [-0.05, 0) is 43.0 Å². The Morgan fingerprint density at radius 3 is 2.78 bits per heavy atom. The van der Waals surface area contributed by atoms with E-state index in [1.165, 1.54) is 11.8 Å². The number of nitrogens with zero attached hydrogens (tertiary/aromatic N) is 2. The number of benzene rings is 2. The predicted octanol–water partition coefficient (Wildman–Crippen LogP) is 5.21. The van der Waals surface area contributed by atoms with E-state index < -0.39 is 0 Å². The lowest BCUT2D eigenvalue weighted by Gasteiger charge is -2.17. The van der Waals surface area contributed by atoms with Crippen molar-refractivity contribution in [2.24, 2.45) is 0 Å². The minimum absolute atomic E-state index is 0.0573. The Morgan fingerprint density at radius 2 is 2.07 bits per heavy atom. The molecule has 1 amide bonds. The molecule has 0 spiro atoms. The van der Waals surface area contributed by atoms with Crippen LogP contribution in [0.2, 0.25) is 5.02 Å². The fourth-order valence-electron chi connectivity index (χ4n) is 3.12. The molecule has 4 nitrogen and oxygen atoms in total. The van der Waals surface area contributed by atoms with E-state index in [-0.39, 0.29) is 11.2 Å². The van der Waals surface area contributed by atoms with Crippen LogP contribution in [0, 0.1) is 0 Å². The summed E-state index contributed by atoms with van der Waals surface area (Å²) in [5, 5.41) is 4.35. The number of aryl methyl sites for hydroxylation is 1. The highest BCUT2D eigenvalue weighted by atomic mass is 35.5. The van der Waals surface area contributed by atoms with Gasteiger partial charge in [-0.3, -0.25) is 4.79 Å². The molecule has 4 rings (SSSR count). The highest BCUT2D eigenvalue weighted by Gasteiger charge is 2.30. The van der Waals surface area contributed by atoms with E-state index in [4.69, 9.17) is 16.6 Å². The standard InChI is InChI=1S/C21H22ClN3OS/c1-2-12-25-18-11-8-15(22)13-17(18)24-21(25)27-19(14-6-4-3-5-7-14)20(26)23-16-9-10-16/h3-8,11,13,16,19H,2,9-10,12H2,1H3,(H,23,26). The number of hydrogen-bond donors (Lipinski definition) is 1. The number of thioether (sulfide) groups is 1. The average Bonchev–Trinajstić information content (AvgIpc) is 3.42. The molecule has 1 aliphatic rings.